The molecule has 0 spiro atoms. The van der Waals surface area contributed by atoms with Crippen molar-refractivity contribution in [2.75, 3.05) is 13.1 Å². The highest BCUT2D eigenvalue weighted by Crippen LogP contribution is 2.25. The molecule has 0 aromatic heterocycles. The van der Waals surface area contributed by atoms with Crippen LogP contribution in [0.15, 0.2) is 60.7 Å². The number of carbonyl (C=O) groups is 2. The van der Waals surface area contributed by atoms with E-state index >= 15 is 0 Å². The third-order valence-electron chi connectivity index (χ3n) is 3.96. The monoisotopic (exact) mass is 318 g/mol. The molecule has 1 N–H and O–H groups in total. The van der Waals surface area contributed by atoms with E-state index in [9.17, 15) is 9.59 Å². The third kappa shape index (κ3) is 3.82. The lowest BCUT2D eigenvalue weighted by Crippen LogP contribution is -2.35. The molecule has 1 saturated heterocycles. The molecule has 0 saturated carbocycles. The lowest BCUT2D eigenvalue weighted by molar-refractivity contribution is -0.127. The van der Waals surface area contributed by atoms with Crippen molar-refractivity contribution in [1.82, 2.24) is 10.2 Å². The summed E-state index contributed by atoms with van der Waals surface area (Å²) in [6.07, 6.45) is 0.253. The van der Waals surface area contributed by atoms with E-state index in [4.69, 9.17) is 0 Å². The quantitative estimate of drug-likeness (QED) is 0.819. The minimum absolute atomic E-state index is 0.0461. The van der Waals surface area contributed by atoms with Gasteiger partial charge >= 0.3 is 0 Å². The molecular formula is C20H18N2O2. The number of nitrogens with one attached hydrogen (secondary N) is 1. The summed E-state index contributed by atoms with van der Waals surface area (Å²) >= 11 is 0. The van der Waals surface area contributed by atoms with Crippen molar-refractivity contribution < 1.29 is 9.59 Å². The summed E-state index contributed by atoms with van der Waals surface area (Å²) in [5, 5.41) is 2.82. The lowest BCUT2D eigenvalue weighted by atomic mass is 10.0. The SMILES string of the molecule is O=C1C[C@@H](c2ccccc2)N(C(=O)C#Cc2ccccc2)CCN1. The molecular weight excluding hydrogens is 300 g/mol. The van der Waals surface area contributed by atoms with Crippen LogP contribution in [0.25, 0.3) is 0 Å². The molecule has 2 aromatic rings. The topological polar surface area (TPSA) is 49.4 Å². The predicted octanol–water partition coefficient (Wildman–Crippen LogP) is 2.13. The van der Waals surface area contributed by atoms with E-state index in [2.05, 4.69) is 17.2 Å². The Kier molecular flexibility index (Phi) is 4.93. The van der Waals surface area contributed by atoms with Gasteiger partial charge in [0.25, 0.3) is 5.91 Å². The molecule has 1 aliphatic rings. The number of hydrogen-bond donors (Lipinski definition) is 1. The smallest absolute Gasteiger partial charge is 0.299 e. The molecule has 2 amide bonds. The average molecular weight is 318 g/mol. The van der Waals surface area contributed by atoms with E-state index in [1.807, 2.05) is 60.7 Å². The van der Waals surface area contributed by atoms with Crippen molar-refractivity contribution in [3.05, 3.63) is 71.8 Å². The van der Waals surface area contributed by atoms with Crippen molar-refractivity contribution in [1.29, 1.82) is 0 Å². The summed E-state index contributed by atoms with van der Waals surface area (Å²) in [4.78, 5) is 26.2. The first kappa shape index (κ1) is 15.8. The first-order valence-corrected chi connectivity index (χ1v) is 7.93. The van der Waals surface area contributed by atoms with Crippen LogP contribution in [0.2, 0.25) is 0 Å². The number of rotatable bonds is 1. The summed E-state index contributed by atoms with van der Waals surface area (Å²) < 4.78 is 0. The number of carbonyl (C=O) groups excluding carboxylic acids is 2. The summed E-state index contributed by atoms with van der Waals surface area (Å²) in [6.45, 7) is 0.897. The van der Waals surface area contributed by atoms with Crippen molar-refractivity contribution in [2.24, 2.45) is 0 Å². The van der Waals surface area contributed by atoms with Crippen LogP contribution < -0.4 is 5.32 Å². The zero-order valence-corrected chi connectivity index (χ0v) is 13.2. The van der Waals surface area contributed by atoms with Gasteiger partial charge in [0.05, 0.1) is 12.5 Å². The van der Waals surface area contributed by atoms with Crippen LogP contribution in [0.5, 0.6) is 0 Å². The fourth-order valence-corrected chi connectivity index (χ4v) is 2.76. The largest absolute Gasteiger partial charge is 0.354 e. The molecule has 4 heteroatoms. The number of hydrogen-bond acceptors (Lipinski definition) is 2. The molecule has 0 radical (unpaired) electrons. The van der Waals surface area contributed by atoms with E-state index < -0.39 is 0 Å². The molecule has 0 bridgehead atoms. The van der Waals surface area contributed by atoms with Crippen molar-refractivity contribution >= 4 is 11.8 Å². The second-order valence-corrected chi connectivity index (χ2v) is 5.60. The van der Waals surface area contributed by atoms with E-state index in [0.717, 1.165) is 11.1 Å². The Morgan fingerprint density at radius 3 is 2.42 bits per heavy atom. The second kappa shape index (κ2) is 7.47. The first-order valence-electron chi connectivity index (χ1n) is 7.93. The van der Waals surface area contributed by atoms with Gasteiger partial charge in [0, 0.05) is 24.6 Å². The van der Waals surface area contributed by atoms with Crippen molar-refractivity contribution in [3.8, 4) is 11.8 Å². The number of nitrogens with zero attached hydrogens (tertiary/aromatic N) is 1. The Balaban J connectivity index is 1.86. The zero-order valence-electron chi connectivity index (χ0n) is 13.2. The molecule has 2 aromatic carbocycles. The van der Waals surface area contributed by atoms with Gasteiger partial charge in [-0.3, -0.25) is 9.59 Å². The van der Waals surface area contributed by atoms with E-state index in [1.54, 1.807) is 4.90 Å². The molecule has 4 nitrogen and oxygen atoms in total. The van der Waals surface area contributed by atoms with Gasteiger partial charge in [-0.2, -0.15) is 0 Å². The Hall–Kier alpha value is -3.06. The van der Waals surface area contributed by atoms with Crippen LogP contribution >= 0.6 is 0 Å². The fourth-order valence-electron chi connectivity index (χ4n) is 2.76. The molecule has 3 rings (SSSR count). The fraction of sp³-hybridized carbons (Fsp3) is 0.200. The Labute approximate surface area is 141 Å². The Bertz CT molecular complexity index is 776. The van der Waals surface area contributed by atoms with Crippen LogP contribution in [-0.4, -0.2) is 29.8 Å². The molecule has 1 fully saturated rings. The summed E-state index contributed by atoms with van der Waals surface area (Å²) in [6, 6.07) is 18.7. The Morgan fingerprint density at radius 1 is 1.04 bits per heavy atom. The van der Waals surface area contributed by atoms with Crippen LogP contribution in [0.4, 0.5) is 0 Å². The molecule has 120 valence electrons. The molecule has 0 unspecified atom stereocenters. The van der Waals surface area contributed by atoms with E-state index in [1.165, 1.54) is 0 Å². The maximum Gasteiger partial charge on any atom is 0.299 e. The average Bonchev–Trinajstić information content (AvgIpc) is 2.83. The standard InChI is InChI=1S/C20H18N2O2/c23-19-15-18(17-9-5-2-6-10-17)22(14-13-21-19)20(24)12-11-16-7-3-1-4-8-16/h1-10,18H,13-15H2,(H,21,23)/t18-/m0/s1. The predicted molar refractivity (Wildman–Crippen MR) is 91.8 cm³/mol. The summed E-state index contributed by atoms with van der Waals surface area (Å²) in [5.41, 5.74) is 1.75. The molecule has 1 aliphatic heterocycles. The molecule has 1 atom stereocenters. The first-order chi connectivity index (χ1) is 11.7. The van der Waals surface area contributed by atoms with E-state index in [-0.39, 0.29) is 24.3 Å². The van der Waals surface area contributed by atoms with Gasteiger partial charge in [0.15, 0.2) is 0 Å². The normalized spacial score (nSPS) is 17.2. The van der Waals surface area contributed by atoms with Crippen LogP contribution in [0, 0.1) is 11.8 Å². The Morgan fingerprint density at radius 2 is 1.71 bits per heavy atom. The van der Waals surface area contributed by atoms with Gasteiger partial charge in [-0.05, 0) is 17.7 Å². The highest BCUT2D eigenvalue weighted by Gasteiger charge is 2.28. The van der Waals surface area contributed by atoms with Crippen LogP contribution in [0.1, 0.15) is 23.6 Å². The van der Waals surface area contributed by atoms with Crippen LogP contribution in [0.3, 0.4) is 0 Å². The van der Waals surface area contributed by atoms with Gasteiger partial charge in [-0.25, -0.2) is 0 Å². The number of amides is 2. The summed E-state index contributed by atoms with van der Waals surface area (Å²) in [7, 11) is 0. The molecule has 1 heterocycles. The van der Waals surface area contributed by atoms with Gasteiger partial charge in [0.1, 0.15) is 0 Å². The minimum atomic E-state index is -0.286. The van der Waals surface area contributed by atoms with Gasteiger partial charge in [-0.1, -0.05) is 54.5 Å². The van der Waals surface area contributed by atoms with Gasteiger partial charge < -0.3 is 10.2 Å². The summed E-state index contributed by atoms with van der Waals surface area (Å²) in [5.74, 6) is 5.30. The highest BCUT2D eigenvalue weighted by atomic mass is 16.2. The maximum absolute atomic E-state index is 12.6. The minimum Gasteiger partial charge on any atom is -0.354 e. The lowest BCUT2D eigenvalue weighted by Gasteiger charge is -2.27. The third-order valence-corrected chi connectivity index (χ3v) is 3.96. The zero-order chi connectivity index (χ0) is 16.8. The van der Waals surface area contributed by atoms with Crippen LogP contribution in [-0.2, 0) is 9.59 Å². The maximum atomic E-state index is 12.6. The molecule has 24 heavy (non-hydrogen) atoms. The van der Waals surface area contributed by atoms with Gasteiger partial charge in [0.2, 0.25) is 5.91 Å². The van der Waals surface area contributed by atoms with E-state index in [0.29, 0.717) is 13.1 Å². The highest BCUT2D eigenvalue weighted by molar-refractivity contribution is 5.95. The van der Waals surface area contributed by atoms with Crippen molar-refractivity contribution in [2.45, 2.75) is 12.5 Å². The molecule has 0 aliphatic carbocycles. The van der Waals surface area contributed by atoms with Crippen molar-refractivity contribution in [3.63, 3.8) is 0 Å². The second-order valence-electron chi connectivity index (χ2n) is 5.60. The van der Waals surface area contributed by atoms with Gasteiger partial charge in [-0.15, -0.1) is 0 Å². The number of benzene rings is 2.